The Bertz CT molecular complexity index is 893. The van der Waals surface area contributed by atoms with E-state index < -0.39 is 11.7 Å². The second-order valence-corrected chi connectivity index (χ2v) is 6.62. The lowest BCUT2D eigenvalue weighted by atomic mass is 9.98. The van der Waals surface area contributed by atoms with E-state index in [9.17, 15) is 14.4 Å². The molecule has 0 aliphatic heterocycles. The fraction of sp³-hybridized carbons (Fsp3) is 0.526. The number of hydrogen-bond donors (Lipinski definition) is 1. The van der Waals surface area contributed by atoms with Gasteiger partial charge in [0, 0.05) is 13.2 Å². The van der Waals surface area contributed by atoms with Gasteiger partial charge in [-0.2, -0.15) is 0 Å². The minimum Gasteiger partial charge on any atom is -0.465 e. The number of rotatable bonds is 6. The third-order valence-corrected chi connectivity index (χ3v) is 4.83. The number of aromatic amines is 1. The summed E-state index contributed by atoms with van der Waals surface area (Å²) < 4.78 is 11.7. The molecule has 1 aliphatic carbocycles. The van der Waals surface area contributed by atoms with Crippen LogP contribution in [0.15, 0.2) is 27.8 Å². The quantitative estimate of drug-likeness (QED) is 0.630. The lowest BCUT2D eigenvalue weighted by Crippen LogP contribution is -2.35. The molecule has 0 unspecified atom stereocenters. The van der Waals surface area contributed by atoms with Crippen molar-refractivity contribution in [3.63, 3.8) is 0 Å². The number of nitrogens with one attached hydrogen (secondary N) is 1. The Morgan fingerprint density at radius 2 is 2.00 bits per heavy atom. The first-order valence-electron chi connectivity index (χ1n) is 9.07. The van der Waals surface area contributed by atoms with Gasteiger partial charge in [0.15, 0.2) is 0 Å². The van der Waals surface area contributed by atoms with Gasteiger partial charge >= 0.3 is 11.7 Å². The number of ether oxygens (including phenoxy) is 2. The molecule has 3 rings (SSSR count). The maximum Gasteiger partial charge on any atom is 0.337 e. The number of nitrogens with zero attached hydrogens (tertiary/aromatic N) is 1. The molecular formula is C19H24N2O5. The topological polar surface area (TPSA) is 90.4 Å². The smallest absolute Gasteiger partial charge is 0.337 e. The second kappa shape index (κ2) is 8.31. The first-order chi connectivity index (χ1) is 12.6. The summed E-state index contributed by atoms with van der Waals surface area (Å²) in [6.07, 6.45) is 6.80. The van der Waals surface area contributed by atoms with Crippen LogP contribution in [0.5, 0.6) is 0 Å². The van der Waals surface area contributed by atoms with Gasteiger partial charge < -0.3 is 14.5 Å². The molecule has 0 atom stereocenters. The van der Waals surface area contributed by atoms with Crippen molar-refractivity contribution >= 4 is 16.9 Å². The predicted molar refractivity (Wildman–Crippen MR) is 97.6 cm³/mol. The van der Waals surface area contributed by atoms with E-state index in [1.54, 1.807) is 0 Å². The fourth-order valence-corrected chi connectivity index (χ4v) is 3.41. The largest absolute Gasteiger partial charge is 0.465 e. The summed E-state index contributed by atoms with van der Waals surface area (Å²) in [6, 6.07) is 4.51. The Labute approximate surface area is 150 Å². The van der Waals surface area contributed by atoms with Gasteiger partial charge in [0.2, 0.25) is 0 Å². The highest BCUT2D eigenvalue weighted by Crippen LogP contribution is 2.20. The molecule has 0 bridgehead atoms. The van der Waals surface area contributed by atoms with E-state index >= 15 is 0 Å². The predicted octanol–water partition coefficient (Wildman–Crippen LogP) is 2.22. The van der Waals surface area contributed by atoms with Gasteiger partial charge in [0.25, 0.3) is 5.56 Å². The van der Waals surface area contributed by atoms with Crippen LogP contribution < -0.4 is 11.2 Å². The van der Waals surface area contributed by atoms with Gasteiger partial charge in [-0.1, -0.05) is 19.3 Å². The highest BCUT2D eigenvalue weighted by molar-refractivity contribution is 5.93. The molecule has 1 aromatic carbocycles. The number of hydrogen-bond acceptors (Lipinski definition) is 5. The third kappa shape index (κ3) is 4.04. The lowest BCUT2D eigenvalue weighted by Gasteiger charge is -2.21. The monoisotopic (exact) mass is 360 g/mol. The Hall–Kier alpha value is -2.41. The van der Waals surface area contributed by atoms with Gasteiger partial charge in [-0.05, 0) is 37.5 Å². The van der Waals surface area contributed by atoms with Crippen LogP contribution in [-0.2, 0) is 16.0 Å². The van der Waals surface area contributed by atoms with E-state index in [1.807, 2.05) is 0 Å². The Morgan fingerprint density at radius 3 is 2.73 bits per heavy atom. The minimum absolute atomic E-state index is 0.286. The molecular weight excluding hydrogens is 336 g/mol. The standard InChI is InChI=1S/C19H24N2O5/c1-25-18(23)13-8-9-15-16(12-13)20-19(24)21(17(15)22)10-5-11-26-14-6-3-2-4-7-14/h8-9,12,14H,2-7,10-11H2,1H3,(H,20,24). The fourth-order valence-electron chi connectivity index (χ4n) is 3.41. The van der Waals surface area contributed by atoms with Crippen LogP contribution in [-0.4, -0.2) is 35.3 Å². The van der Waals surface area contributed by atoms with Crippen molar-refractivity contribution in [2.24, 2.45) is 0 Å². The van der Waals surface area contributed by atoms with Gasteiger partial charge in [0.05, 0.1) is 29.7 Å². The van der Waals surface area contributed by atoms with E-state index in [4.69, 9.17) is 4.74 Å². The van der Waals surface area contributed by atoms with Crippen molar-refractivity contribution in [2.75, 3.05) is 13.7 Å². The van der Waals surface area contributed by atoms with Crippen LogP contribution in [0.3, 0.4) is 0 Å². The summed E-state index contributed by atoms with van der Waals surface area (Å²) in [4.78, 5) is 39.1. The molecule has 1 aromatic heterocycles. The summed E-state index contributed by atoms with van der Waals surface area (Å²) in [6.45, 7) is 0.839. The molecule has 26 heavy (non-hydrogen) atoms. The number of esters is 1. The zero-order valence-electron chi connectivity index (χ0n) is 15.0. The van der Waals surface area contributed by atoms with E-state index in [-0.39, 0.29) is 11.1 Å². The lowest BCUT2D eigenvalue weighted by molar-refractivity contribution is 0.0255. The first-order valence-corrected chi connectivity index (χ1v) is 9.07. The number of aromatic nitrogens is 2. The summed E-state index contributed by atoms with van der Waals surface area (Å²) in [5.41, 5.74) is -0.230. The number of H-pyrrole nitrogens is 1. The molecule has 7 nitrogen and oxygen atoms in total. The minimum atomic E-state index is -0.517. The highest BCUT2D eigenvalue weighted by atomic mass is 16.5. The normalized spacial score (nSPS) is 15.3. The van der Waals surface area contributed by atoms with Crippen LogP contribution in [0, 0.1) is 0 Å². The number of carbonyl (C=O) groups excluding carboxylic acids is 1. The molecule has 0 spiro atoms. The molecule has 0 saturated heterocycles. The zero-order valence-corrected chi connectivity index (χ0v) is 15.0. The average Bonchev–Trinajstić information content (AvgIpc) is 2.67. The molecule has 7 heteroatoms. The Balaban J connectivity index is 1.71. The van der Waals surface area contributed by atoms with E-state index in [0.717, 1.165) is 12.8 Å². The van der Waals surface area contributed by atoms with Crippen molar-refractivity contribution in [3.05, 3.63) is 44.6 Å². The van der Waals surface area contributed by atoms with Crippen molar-refractivity contribution in [3.8, 4) is 0 Å². The van der Waals surface area contributed by atoms with Gasteiger partial charge in [-0.25, -0.2) is 9.59 Å². The molecule has 0 amide bonds. The first kappa shape index (κ1) is 18.4. The van der Waals surface area contributed by atoms with Gasteiger partial charge in [-0.15, -0.1) is 0 Å². The molecule has 1 saturated carbocycles. The molecule has 1 heterocycles. The van der Waals surface area contributed by atoms with Crippen LogP contribution in [0.2, 0.25) is 0 Å². The number of methoxy groups -OCH3 is 1. The molecule has 2 aromatic rings. The number of benzene rings is 1. The molecule has 0 radical (unpaired) electrons. The van der Waals surface area contributed by atoms with Crippen molar-refractivity contribution in [1.82, 2.24) is 9.55 Å². The van der Waals surface area contributed by atoms with Crippen molar-refractivity contribution < 1.29 is 14.3 Å². The average molecular weight is 360 g/mol. The number of carbonyl (C=O) groups is 1. The van der Waals surface area contributed by atoms with Gasteiger partial charge in [0.1, 0.15) is 0 Å². The zero-order chi connectivity index (χ0) is 18.5. The molecule has 1 fully saturated rings. The van der Waals surface area contributed by atoms with Crippen LogP contribution in [0.4, 0.5) is 0 Å². The van der Waals surface area contributed by atoms with E-state index in [0.29, 0.717) is 36.6 Å². The summed E-state index contributed by atoms with van der Waals surface area (Å²) in [5.74, 6) is -0.517. The Kier molecular flexibility index (Phi) is 5.88. The molecule has 1 N–H and O–H groups in total. The summed E-state index contributed by atoms with van der Waals surface area (Å²) >= 11 is 0. The highest BCUT2D eigenvalue weighted by Gasteiger charge is 2.14. The maximum atomic E-state index is 12.6. The number of fused-ring (bicyclic) bond motifs is 1. The maximum absolute atomic E-state index is 12.6. The van der Waals surface area contributed by atoms with Crippen LogP contribution >= 0.6 is 0 Å². The van der Waals surface area contributed by atoms with E-state index in [2.05, 4.69) is 9.72 Å². The third-order valence-electron chi connectivity index (χ3n) is 4.83. The van der Waals surface area contributed by atoms with E-state index in [1.165, 1.54) is 49.1 Å². The Morgan fingerprint density at radius 1 is 1.23 bits per heavy atom. The van der Waals surface area contributed by atoms with Crippen molar-refractivity contribution in [2.45, 2.75) is 51.2 Å². The van der Waals surface area contributed by atoms with Crippen LogP contribution in [0.25, 0.3) is 10.9 Å². The molecule has 1 aliphatic rings. The van der Waals surface area contributed by atoms with Gasteiger partial charge in [-0.3, -0.25) is 9.36 Å². The van der Waals surface area contributed by atoms with Crippen molar-refractivity contribution in [1.29, 1.82) is 0 Å². The second-order valence-electron chi connectivity index (χ2n) is 6.62. The van der Waals surface area contributed by atoms with Crippen LogP contribution in [0.1, 0.15) is 48.9 Å². The summed E-state index contributed by atoms with van der Waals surface area (Å²) in [5, 5.41) is 0.366. The SMILES string of the molecule is COC(=O)c1ccc2c(=O)n(CCCOC3CCCCC3)c(=O)[nH]c2c1. The molecule has 140 valence electrons. The summed E-state index contributed by atoms with van der Waals surface area (Å²) in [7, 11) is 1.28.